The molecule has 246 valence electrons. The number of hydrogen-bond donors (Lipinski definition) is 1. The molecule has 1 N–H and O–H groups in total. The Labute approximate surface area is 278 Å². The van der Waals surface area contributed by atoms with Gasteiger partial charge in [-0.3, -0.25) is 4.98 Å². The molecule has 6 rings (SSSR count). The summed E-state index contributed by atoms with van der Waals surface area (Å²) in [5, 5.41) is 10.5. The minimum absolute atomic E-state index is 0.240. The van der Waals surface area contributed by atoms with Gasteiger partial charge in [-0.2, -0.15) is 0 Å². The van der Waals surface area contributed by atoms with E-state index in [1.807, 2.05) is 65.1 Å². The average molecular weight is 634 g/mol. The Morgan fingerprint density at radius 1 is 0.894 bits per heavy atom. The minimum atomic E-state index is -1.13. The number of pyridine rings is 1. The first-order chi connectivity index (χ1) is 22.3. The molecular weight excluding hydrogens is 586 g/mol. The Kier molecular flexibility index (Phi) is 8.83. The number of carboxylic acid groups (broad SMARTS) is 1. The van der Waals surface area contributed by atoms with Gasteiger partial charge in [0.05, 0.1) is 17.0 Å². The maximum atomic E-state index is 12.9. The standard InChI is InChI=1S/C39H47N5O3/c1-25-32(34(43-21-17-39(6,7)18-22-43)33(26(2)41-25)35(36(45)46)47-38(3,4)5)29-13-14-30-24-44(20-16-28(30)23-29)37-40-19-15-31(42-37)27-11-9-8-10-12-27/h8-15,19,23,35H,16-18,20-22,24H2,1-7H3,(H,45,46). The van der Waals surface area contributed by atoms with Gasteiger partial charge in [0.15, 0.2) is 6.10 Å². The molecule has 2 aromatic carbocycles. The quantitative estimate of drug-likeness (QED) is 0.219. The minimum Gasteiger partial charge on any atom is -0.479 e. The highest BCUT2D eigenvalue weighted by Crippen LogP contribution is 2.45. The Hall–Kier alpha value is -4.30. The van der Waals surface area contributed by atoms with Gasteiger partial charge in [-0.15, -0.1) is 0 Å². The first-order valence-electron chi connectivity index (χ1n) is 16.7. The van der Waals surface area contributed by atoms with Crippen molar-refractivity contribution in [2.45, 2.75) is 86.0 Å². The van der Waals surface area contributed by atoms with Gasteiger partial charge in [-0.1, -0.05) is 62.4 Å². The van der Waals surface area contributed by atoms with Gasteiger partial charge in [-0.25, -0.2) is 14.8 Å². The molecule has 2 aliphatic heterocycles. The third-order valence-electron chi connectivity index (χ3n) is 9.47. The zero-order valence-electron chi connectivity index (χ0n) is 28.8. The summed E-state index contributed by atoms with van der Waals surface area (Å²) >= 11 is 0. The highest BCUT2D eigenvalue weighted by Gasteiger charge is 2.36. The molecule has 0 spiro atoms. The molecule has 0 aliphatic carbocycles. The maximum Gasteiger partial charge on any atom is 0.337 e. The Morgan fingerprint density at radius 3 is 2.30 bits per heavy atom. The summed E-state index contributed by atoms with van der Waals surface area (Å²) in [6.45, 7) is 17.5. The molecule has 4 aromatic rings. The number of benzene rings is 2. The normalized spacial score (nSPS) is 16.9. The average Bonchev–Trinajstić information content (AvgIpc) is 3.03. The molecular formula is C39H47N5O3. The van der Waals surface area contributed by atoms with E-state index in [9.17, 15) is 9.90 Å². The van der Waals surface area contributed by atoms with Gasteiger partial charge >= 0.3 is 5.97 Å². The lowest BCUT2D eigenvalue weighted by molar-refractivity contribution is -0.160. The molecule has 8 heteroatoms. The number of aliphatic carboxylic acids is 1. The first kappa shape index (κ1) is 32.6. The fourth-order valence-electron chi connectivity index (χ4n) is 6.90. The van der Waals surface area contributed by atoms with Crippen LogP contribution in [0.25, 0.3) is 22.4 Å². The van der Waals surface area contributed by atoms with E-state index < -0.39 is 17.7 Å². The summed E-state index contributed by atoms with van der Waals surface area (Å²) in [6, 6.07) is 18.8. The summed E-state index contributed by atoms with van der Waals surface area (Å²) in [6.07, 6.45) is 3.61. The molecule has 0 bridgehead atoms. The van der Waals surface area contributed by atoms with E-state index in [2.05, 4.69) is 59.0 Å². The molecule has 1 atom stereocenters. The molecule has 1 fully saturated rings. The number of carboxylic acids is 1. The number of carbonyl (C=O) groups is 1. The number of piperidine rings is 1. The fourth-order valence-corrected chi connectivity index (χ4v) is 6.90. The van der Waals surface area contributed by atoms with Crippen molar-refractivity contribution < 1.29 is 14.6 Å². The lowest BCUT2D eigenvalue weighted by Gasteiger charge is -2.41. The van der Waals surface area contributed by atoms with Crippen molar-refractivity contribution in [3.63, 3.8) is 0 Å². The molecule has 0 saturated carbocycles. The van der Waals surface area contributed by atoms with Gasteiger partial charge in [0.25, 0.3) is 0 Å². The number of fused-ring (bicyclic) bond motifs is 1. The molecule has 1 saturated heterocycles. The smallest absolute Gasteiger partial charge is 0.337 e. The van der Waals surface area contributed by atoms with Crippen molar-refractivity contribution >= 4 is 17.6 Å². The van der Waals surface area contributed by atoms with Crippen molar-refractivity contribution in [2.24, 2.45) is 5.41 Å². The number of aryl methyl sites for hydroxylation is 2. The molecule has 1 unspecified atom stereocenters. The molecule has 2 aliphatic rings. The number of ether oxygens (including phenoxy) is 1. The van der Waals surface area contributed by atoms with Crippen molar-refractivity contribution in [1.82, 2.24) is 15.0 Å². The number of aromatic nitrogens is 3. The van der Waals surface area contributed by atoms with Gasteiger partial charge < -0.3 is 19.6 Å². The summed E-state index contributed by atoms with van der Waals surface area (Å²) in [7, 11) is 0. The highest BCUT2D eigenvalue weighted by molar-refractivity contribution is 5.88. The van der Waals surface area contributed by atoms with Gasteiger partial charge in [0.2, 0.25) is 5.95 Å². The predicted octanol–water partition coefficient (Wildman–Crippen LogP) is 7.95. The van der Waals surface area contributed by atoms with Gasteiger partial charge in [0, 0.05) is 60.5 Å². The van der Waals surface area contributed by atoms with Gasteiger partial charge in [0.1, 0.15) is 0 Å². The number of rotatable bonds is 7. The van der Waals surface area contributed by atoms with E-state index in [4.69, 9.17) is 14.7 Å². The van der Waals surface area contributed by atoms with Crippen LogP contribution in [0.2, 0.25) is 0 Å². The van der Waals surface area contributed by atoms with E-state index >= 15 is 0 Å². The van der Waals surface area contributed by atoms with Crippen LogP contribution in [-0.4, -0.2) is 51.3 Å². The molecule has 2 aromatic heterocycles. The van der Waals surface area contributed by atoms with Crippen LogP contribution in [0, 0.1) is 19.3 Å². The molecule has 8 nitrogen and oxygen atoms in total. The highest BCUT2D eigenvalue weighted by atomic mass is 16.5. The SMILES string of the molecule is Cc1nc(C)c(C(OC(C)(C)C)C(=O)O)c(N2CCC(C)(C)CC2)c1-c1ccc2c(c1)CCN(c1nccc(-c3ccccc3)n1)C2. The zero-order valence-corrected chi connectivity index (χ0v) is 28.8. The van der Waals surface area contributed by atoms with Crippen LogP contribution in [0.3, 0.4) is 0 Å². The Balaban J connectivity index is 1.39. The molecule has 0 radical (unpaired) electrons. The zero-order chi connectivity index (χ0) is 33.5. The summed E-state index contributed by atoms with van der Waals surface area (Å²) in [5.41, 5.74) is 9.38. The van der Waals surface area contributed by atoms with Crippen LogP contribution >= 0.6 is 0 Å². The molecule has 4 heterocycles. The summed E-state index contributed by atoms with van der Waals surface area (Å²) in [5.74, 6) is -0.263. The topological polar surface area (TPSA) is 91.7 Å². The van der Waals surface area contributed by atoms with Gasteiger partial charge in [-0.05, 0) is 82.1 Å². The van der Waals surface area contributed by atoms with E-state index in [1.165, 1.54) is 11.1 Å². The largest absolute Gasteiger partial charge is 0.479 e. The van der Waals surface area contributed by atoms with Crippen LogP contribution in [0.1, 0.15) is 81.6 Å². The van der Waals surface area contributed by atoms with E-state index in [-0.39, 0.29) is 5.41 Å². The number of hydrogen-bond acceptors (Lipinski definition) is 7. The third kappa shape index (κ3) is 7.03. The number of nitrogens with zero attached hydrogens (tertiary/aromatic N) is 5. The fraction of sp³-hybridized carbons (Fsp3) is 0.436. The van der Waals surface area contributed by atoms with Crippen LogP contribution in [-0.2, 0) is 22.5 Å². The van der Waals surface area contributed by atoms with Crippen LogP contribution in [0.4, 0.5) is 11.6 Å². The van der Waals surface area contributed by atoms with Crippen molar-refractivity contribution in [3.05, 3.63) is 88.9 Å². The monoisotopic (exact) mass is 633 g/mol. The van der Waals surface area contributed by atoms with Crippen molar-refractivity contribution in [1.29, 1.82) is 0 Å². The first-order valence-corrected chi connectivity index (χ1v) is 16.7. The second kappa shape index (κ2) is 12.7. The second-order valence-corrected chi connectivity index (χ2v) is 14.8. The molecule has 0 amide bonds. The Morgan fingerprint density at radius 2 is 1.62 bits per heavy atom. The Bertz CT molecular complexity index is 1770. The van der Waals surface area contributed by atoms with E-state index in [0.29, 0.717) is 11.3 Å². The number of anilines is 2. The van der Waals surface area contributed by atoms with Crippen LogP contribution in [0.15, 0.2) is 60.8 Å². The van der Waals surface area contributed by atoms with Crippen molar-refractivity contribution in [2.75, 3.05) is 29.4 Å². The second-order valence-electron chi connectivity index (χ2n) is 14.8. The summed E-state index contributed by atoms with van der Waals surface area (Å²) < 4.78 is 6.27. The predicted molar refractivity (Wildman–Crippen MR) is 188 cm³/mol. The van der Waals surface area contributed by atoms with Crippen LogP contribution in [0.5, 0.6) is 0 Å². The van der Waals surface area contributed by atoms with E-state index in [1.54, 1.807) is 0 Å². The maximum absolute atomic E-state index is 12.9. The lowest BCUT2D eigenvalue weighted by Crippen LogP contribution is -2.39. The summed E-state index contributed by atoms with van der Waals surface area (Å²) in [4.78, 5) is 32.0. The third-order valence-corrected chi connectivity index (χ3v) is 9.47. The lowest BCUT2D eigenvalue weighted by atomic mass is 9.81. The van der Waals surface area contributed by atoms with Crippen LogP contribution < -0.4 is 9.80 Å². The van der Waals surface area contributed by atoms with Crippen molar-refractivity contribution in [3.8, 4) is 22.4 Å². The van der Waals surface area contributed by atoms with E-state index in [0.717, 1.165) is 85.2 Å². The molecule has 47 heavy (non-hydrogen) atoms.